The van der Waals surface area contributed by atoms with Gasteiger partial charge in [0.2, 0.25) is 0 Å². The summed E-state index contributed by atoms with van der Waals surface area (Å²) in [4.78, 5) is 13.0. The lowest BCUT2D eigenvalue weighted by Crippen LogP contribution is -2.53. The number of benzene rings is 1. The molecule has 0 radical (unpaired) electrons. The summed E-state index contributed by atoms with van der Waals surface area (Å²) >= 11 is 0. The van der Waals surface area contributed by atoms with E-state index in [-0.39, 0.29) is 18.4 Å². The van der Waals surface area contributed by atoms with E-state index in [2.05, 4.69) is 4.90 Å². The van der Waals surface area contributed by atoms with Gasteiger partial charge in [-0.15, -0.1) is 0 Å². The second-order valence-electron chi connectivity index (χ2n) is 7.12. The second kappa shape index (κ2) is 8.94. The van der Waals surface area contributed by atoms with Crippen LogP contribution in [0, 0.1) is 5.92 Å². The smallest absolute Gasteiger partial charge is 0.303 e. The third-order valence-electron chi connectivity index (χ3n) is 5.02. The van der Waals surface area contributed by atoms with Gasteiger partial charge >= 0.3 is 5.97 Å². The van der Waals surface area contributed by atoms with Gasteiger partial charge in [0.1, 0.15) is 0 Å². The molecule has 7 nitrogen and oxygen atoms in total. The van der Waals surface area contributed by atoms with Crippen LogP contribution in [0.25, 0.3) is 0 Å². The van der Waals surface area contributed by atoms with Crippen molar-refractivity contribution in [3.05, 3.63) is 35.9 Å². The zero-order chi connectivity index (χ0) is 19.3. The van der Waals surface area contributed by atoms with Gasteiger partial charge in [0.15, 0.2) is 0 Å². The van der Waals surface area contributed by atoms with Crippen LogP contribution in [-0.2, 0) is 21.5 Å². The highest BCUT2D eigenvalue weighted by Gasteiger charge is 2.37. The highest BCUT2D eigenvalue weighted by atomic mass is 32.2. The lowest BCUT2D eigenvalue weighted by molar-refractivity contribution is -0.137. The maximum absolute atomic E-state index is 13.0. The first-order chi connectivity index (χ1) is 12.2. The molecule has 0 saturated carbocycles. The molecule has 2 atom stereocenters. The molecule has 1 N–H and O–H groups in total. The zero-order valence-corrected chi connectivity index (χ0v) is 16.5. The molecule has 0 unspecified atom stereocenters. The van der Waals surface area contributed by atoms with Gasteiger partial charge in [-0.1, -0.05) is 30.3 Å². The normalized spacial score (nSPS) is 22.0. The third kappa shape index (κ3) is 5.26. The van der Waals surface area contributed by atoms with Crippen molar-refractivity contribution in [2.24, 2.45) is 5.92 Å². The lowest BCUT2D eigenvalue weighted by atomic mass is 9.88. The Morgan fingerprint density at radius 3 is 2.46 bits per heavy atom. The molecule has 1 saturated heterocycles. The van der Waals surface area contributed by atoms with Crippen molar-refractivity contribution in [2.45, 2.75) is 31.8 Å². The van der Waals surface area contributed by atoms with Crippen molar-refractivity contribution in [3.63, 3.8) is 0 Å². The summed E-state index contributed by atoms with van der Waals surface area (Å²) in [5.74, 6) is -0.835. The maximum atomic E-state index is 13.0. The van der Waals surface area contributed by atoms with E-state index in [9.17, 15) is 13.2 Å². The summed E-state index contributed by atoms with van der Waals surface area (Å²) in [7, 11) is 1.93. The van der Waals surface area contributed by atoms with E-state index in [0.29, 0.717) is 32.5 Å². The number of piperidine rings is 1. The van der Waals surface area contributed by atoms with Crippen LogP contribution in [0.3, 0.4) is 0 Å². The van der Waals surface area contributed by atoms with E-state index < -0.39 is 16.2 Å². The van der Waals surface area contributed by atoms with E-state index in [1.54, 1.807) is 7.05 Å². The monoisotopic (exact) mass is 383 g/mol. The average Bonchev–Trinajstić information content (AvgIpc) is 2.60. The zero-order valence-electron chi connectivity index (χ0n) is 15.7. The Labute approximate surface area is 156 Å². The molecular formula is C18H29N3O4S. The number of aliphatic carboxylic acids is 1. The highest BCUT2D eigenvalue weighted by Crippen LogP contribution is 2.27. The first-order valence-electron chi connectivity index (χ1n) is 8.85. The standard InChI is InChI=1S/C18H29N3O4S/c1-19(2)17-11-12-21(14-16(17)9-10-18(22)23)26(24,25)20(3)13-15-7-5-4-6-8-15/h4-8,16-17H,9-14H2,1-3H3,(H,22,23)/t16-,17+/m0/s1. The predicted octanol–water partition coefficient (Wildman–Crippen LogP) is 1.48. The molecule has 1 aliphatic heterocycles. The van der Waals surface area contributed by atoms with Gasteiger partial charge in [-0.25, -0.2) is 0 Å². The summed E-state index contributed by atoms with van der Waals surface area (Å²) in [6.07, 6.45) is 1.24. The Hall–Kier alpha value is -1.48. The molecule has 146 valence electrons. The van der Waals surface area contributed by atoms with Crippen molar-refractivity contribution < 1.29 is 18.3 Å². The third-order valence-corrected chi connectivity index (χ3v) is 6.92. The van der Waals surface area contributed by atoms with Crippen LogP contribution in [0.4, 0.5) is 0 Å². The molecule has 1 aromatic rings. The maximum Gasteiger partial charge on any atom is 0.303 e. The molecule has 0 aromatic heterocycles. The fraction of sp³-hybridized carbons (Fsp3) is 0.611. The van der Waals surface area contributed by atoms with Gasteiger partial charge < -0.3 is 10.0 Å². The summed E-state index contributed by atoms with van der Waals surface area (Å²) < 4.78 is 28.8. The van der Waals surface area contributed by atoms with E-state index in [1.807, 2.05) is 44.4 Å². The molecule has 1 heterocycles. The fourth-order valence-corrected chi connectivity index (χ4v) is 5.01. The molecule has 0 bridgehead atoms. The molecule has 0 amide bonds. The Bertz CT molecular complexity index is 694. The van der Waals surface area contributed by atoms with E-state index in [0.717, 1.165) is 5.56 Å². The van der Waals surface area contributed by atoms with Crippen molar-refractivity contribution in [1.82, 2.24) is 13.5 Å². The SMILES string of the molecule is CN(C)[C@@H]1CCN(S(=O)(=O)N(C)Cc2ccccc2)C[C@@H]1CCC(=O)O. The minimum Gasteiger partial charge on any atom is -0.481 e. The van der Waals surface area contributed by atoms with E-state index >= 15 is 0 Å². The van der Waals surface area contributed by atoms with Crippen LogP contribution in [-0.4, -0.2) is 73.3 Å². The van der Waals surface area contributed by atoms with Gasteiger partial charge in [-0.2, -0.15) is 17.0 Å². The van der Waals surface area contributed by atoms with Crippen LogP contribution < -0.4 is 0 Å². The number of rotatable bonds is 8. The fourth-order valence-electron chi connectivity index (χ4n) is 3.59. The van der Waals surface area contributed by atoms with Crippen molar-refractivity contribution in [2.75, 3.05) is 34.2 Å². The minimum atomic E-state index is -3.58. The summed E-state index contributed by atoms with van der Waals surface area (Å²) in [6.45, 7) is 1.13. The second-order valence-corrected chi connectivity index (χ2v) is 9.15. The molecule has 2 rings (SSSR count). The first-order valence-corrected chi connectivity index (χ1v) is 10.2. The molecule has 0 spiro atoms. The lowest BCUT2D eigenvalue weighted by Gasteiger charge is -2.41. The number of hydrogen-bond acceptors (Lipinski definition) is 4. The topological polar surface area (TPSA) is 81.2 Å². The number of carboxylic acid groups (broad SMARTS) is 1. The number of carboxylic acids is 1. The molecular weight excluding hydrogens is 354 g/mol. The Morgan fingerprint density at radius 1 is 1.23 bits per heavy atom. The van der Waals surface area contributed by atoms with Crippen LogP contribution in [0.15, 0.2) is 30.3 Å². The van der Waals surface area contributed by atoms with Gasteiger partial charge in [-0.3, -0.25) is 4.79 Å². The molecule has 1 fully saturated rings. The molecule has 1 aromatic carbocycles. The van der Waals surface area contributed by atoms with Gasteiger partial charge in [0, 0.05) is 39.1 Å². The van der Waals surface area contributed by atoms with Crippen LogP contribution in [0.5, 0.6) is 0 Å². The van der Waals surface area contributed by atoms with E-state index in [4.69, 9.17) is 5.11 Å². The first kappa shape index (κ1) is 20.8. The van der Waals surface area contributed by atoms with Crippen molar-refractivity contribution in [1.29, 1.82) is 0 Å². The van der Waals surface area contributed by atoms with Gasteiger partial charge in [0.25, 0.3) is 10.2 Å². The number of nitrogens with zero attached hydrogens (tertiary/aromatic N) is 3. The number of hydrogen-bond donors (Lipinski definition) is 1. The highest BCUT2D eigenvalue weighted by molar-refractivity contribution is 7.86. The van der Waals surface area contributed by atoms with Crippen LogP contribution >= 0.6 is 0 Å². The summed E-state index contributed by atoms with van der Waals surface area (Å²) in [5.41, 5.74) is 0.934. The molecule has 0 aliphatic carbocycles. The quantitative estimate of drug-likeness (QED) is 0.735. The average molecular weight is 384 g/mol. The summed E-state index contributed by atoms with van der Waals surface area (Å²) in [5, 5.41) is 8.99. The molecule has 26 heavy (non-hydrogen) atoms. The van der Waals surface area contributed by atoms with Gasteiger partial charge in [-0.05, 0) is 38.4 Å². The van der Waals surface area contributed by atoms with Gasteiger partial charge in [0.05, 0.1) is 0 Å². The van der Waals surface area contributed by atoms with Crippen LogP contribution in [0.2, 0.25) is 0 Å². The van der Waals surface area contributed by atoms with Crippen LogP contribution in [0.1, 0.15) is 24.8 Å². The van der Waals surface area contributed by atoms with E-state index in [1.165, 1.54) is 8.61 Å². The van der Waals surface area contributed by atoms with Crippen molar-refractivity contribution >= 4 is 16.2 Å². The summed E-state index contributed by atoms with van der Waals surface area (Å²) in [6, 6.07) is 9.68. The largest absolute Gasteiger partial charge is 0.481 e. The Morgan fingerprint density at radius 2 is 1.88 bits per heavy atom. The van der Waals surface area contributed by atoms with Crippen molar-refractivity contribution in [3.8, 4) is 0 Å². The number of carbonyl (C=O) groups is 1. The molecule has 1 aliphatic rings. The Balaban J connectivity index is 2.09. The predicted molar refractivity (Wildman–Crippen MR) is 101 cm³/mol. The molecule has 8 heteroatoms. The minimum absolute atomic E-state index is 0.00903. The Kier molecular flexibility index (Phi) is 7.16.